The Morgan fingerprint density at radius 2 is 1.75 bits per heavy atom. The van der Waals surface area contributed by atoms with E-state index in [-0.39, 0.29) is 5.69 Å². The molecule has 1 aromatic heterocycles. The zero-order chi connectivity index (χ0) is 21.8. The normalized spacial score (nSPS) is 23.0. The third kappa shape index (κ3) is 3.51. The Morgan fingerprint density at radius 3 is 2.44 bits per heavy atom. The molecule has 3 aromatic rings. The highest BCUT2D eigenvalue weighted by atomic mass is 19.1. The summed E-state index contributed by atoms with van der Waals surface area (Å²) >= 11 is 0. The lowest BCUT2D eigenvalue weighted by Crippen LogP contribution is -2.56. The van der Waals surface area contributed by atoms with Crippen molar-refractivity contribution in [2.75, 3.05) is 36.5 Å². The number of hydrogen-bond donors (Lipinski definition) is 1. The molecule has 0 spiro atoms. The van der Waals surface area contributed by atoms with Crippen LogP contribution < -0.4 is 10.2 Å². The molecule has 6 rings (SSSR count). The van der Waals surface area contributed by atoms with Gasteiger partial charge in [-0.1, -0.05) is 0 Å². The maximum Gasteiger partial charge on any atom is 0.246 e. The van der Waals surface area contributed by atoms with E-state index in [9.17, 15) is 8.78 Å². The van der Waals surface area contributed by atoms with E-state index < -0.39 is 11.6 Å². The largest absolute Gasteiger partial charge is 0.378 e. The number of aromatic nitrogens is 3. The highest BCUT2D eigenvalue weighted by molar-refractivity contribution is 5.65. The van der Waals surface area contributed by atoms with Gasteiger partial charge in [0.1, 0.15) is 18.0 Å². The van der Waals surface area contributed by atoms with Crippen LogP contribution in [-0.4, -0.2) is 64.1 Å². The van der Waals surface area contributed by atoms with Crippen LogP contribution in [0.25, 0.3) is 5.69 Å². The molecule has 32 heavy (non-hydrogen) atoms. The number of ether oxygens (including phenoxy) is 1. The summed E-state index contributed by atoms with van der Waals surface area (Å²) in [6, 6.07) is 11.3. The van der Waals surface area contributed by atoms with Gasteiger partial charge in [-0.25, -0.2) is 13.5 Å². The average Bonchev–Trinajstić information content (AvgIpc) is 3.41. The number of piperazine rings is 1. The molecule has 9 heteroatoms. The van der Waals surface area contributed by atoms with E-state index in [1.54, 1.807) is 0 Å². The van der Waals surface area contributed by atoms with Gasteiger partial charge in [0.15, 0.2) is 0 Å². The lowest BCUT2D eigenvalue weighted by molar-refractivity contribution is -0.0708. The number of halogens is 2. The monoisotopic (exact) mass is 438 g/mol. The molecule has 0 radical (unpaired) electrons. The van der Waals surface area contributed by atoms with Gasteiger partial charge in [0.25, 0.3) is 0 Å². The minimum atomic E-state index is -0.656. The van der Waals surface area contributed by atoms with Crippen molar-refractivity contribution in [2.24, 2.45) is 0 Å². The van der Waals surface area contributed by atoms with Crippen LogP contribution >= 0.6 is 0 Å². The molecule has 4 heterocycles. The summed E-state index contributed by atoms with van der Waals surface area (Å²) in [7, 11) is 0. The van der Waals surface area contributed by atoms with E-state index >= 15 is 0 Å². The summed E-state index contributed by atoms with van der Waals surface area (Å²) in [5.74, 6) is -0.946. The van der Waals surface area contributed by atoms with E-state index in [2.05, 4.69) is 44.3 Å². The fourth-order valence-corrected chi connectivity index (χ4v) is 5.12. The van der Waals surface area contributed by atoms with Gasteiger partial charge < -0.3 is 15.0 Å². The standard InChI is InChI=1S/C23H24F2N6O/c1-14-2-17(27-23-26-13-31(28-23)19-5-15(24)4-16(25)6-19)7-18(3-14)29-9-21-8-20(29)10-30(21)22-11-32-12-22/h2-7,13,20-22H,8-12H2,1H3,(H,27,28)/t20-,21-/m1/s1. The molecule has 0 saturated carbocycles. The van der Waals surface area contributed by atoms with Gasteiger partial charge in [0.2, 0.25) is 5.95 Å². The molecule has 3 aliphatic rings. The molecule has 3 fully saturated rings. The van der Waals surface area contributed by atoms with Crippen LogP contribution in [0.4, 0.5) is 26.1 Å². The Kier molecular flexibility index (Phi) is 4.62. The Hall–Kier alpha value is -3.04. The third-order valence-corrected chi connectivity index (χ3v) is 6.63. The van der Waals surface area contributed by atoms with E-state index in [1.165, 1.54) is 35.3 Å². The molecule has 3 saturated heterocycles. The van der Waals surface area contributed by atoms with Gasteiger partial charge in [-0.3, -0.25) is 4.90 Å². The first kappa shape index (κ1) is 19.6. The predicted octanol–water partition coefficient (Wildman–Crippen LogP) is 3.26. The Labute approximate surface area is 184 Å². The van der Waals surface area contributed by atoms with Crippen LogP contribution in [0.1, 0.15) is 12.0 Å². The molecular formula is C23H24F2N6O. The van der Waals surface area contributed by atoms with Crippen molar-refractivity contribution in [3.63, 3.8) is 0 Å². The van der Waals surface area contributed by atoms with Crippen molar-refractivity contribution in [2.45, 2.75) is 31.5 Å². The van der Waals surface area contributed by atoms with Crippen molar-refractivity contribution in [1.29, 1.82) is 0 Å². The van der Waals surface area contributed by atoms with Crippen molar-refractivity contribution in [3.8, 4) is 5.69 Å². The van der Waals surface area contributed by atoms with Crippen LogP contribution in [0, 0.1) is 18.6 Å². The third-order valence-electron chi connectivity index (χ3n) is 6.63. The smallest absolute Gasteiger partial charge is 0.246 e. The van der Waals surface area contributed by atoms with Crippen LogP contribution in [0.15, 0.2) is 42.7 Å². The second-order valence-corrected chi connectivity index (χ2v) is 8.91. The SMILES string of the molecule is Cc1cc(Nc2ncn(-c3cc(F)cc(F)c3)n2)cc(N2C[C@H]3C[C@@H]2CN3C2COC2)c1. The van der Waals surface area contributed by atoms with Gasteiger partial charge in [-0.05, 0) is 49.2 Å². The summed E-state index contributed by atoms with van der Waals surface area (Å²) in [4.78, 5) is 9.37. The topological polar surface area (TPSA) is 58.5 Å². The van der Waals surface area contributed by atoms with Gasteiger partial charge in [0, 0.05) is 42.6 Å². The van der Waals surface area contributed by atoms with Gasteiger partial charge in [-0.2, -0.15) is 4.98 Å². The number of nitrogens with zero attached hydrogens (tertiary/aromatic N) is 5. The quantitative estimate of drug-likeness (QED) is 0.660. The Balaban J connectivity index is 1.19. The number of fused-ring (bicyclic) bond motifs is 2. The zero-order valence-corrected chi connectivity index (χ0v) is 17.7. The second-order valence-electron chi connectivity index (χ2n) is 8.91. The summed E-state index contributed by atoms with van der Waals surface area (Å²) in [6.07, 6.45) is 2.63. The summed E-state index contributed by atoms with van der Waals surface area (Å²) < 4.78 is 33.8. The maximum absolute atomic E-state index is 13.5. The molecule has 1 N–H and O–H groups in total. The summed E-state index contributed by atoms with van der Waals surface area (Å²) in [5.41, 5.74) is 3.50. The Bertz CT molecular complexity index is 1140. The predicted molar refractivity (Wildman–Crippen MR) is 117 cm³/mol. The van der Waals surface area contributed by atoms with Crippen LogP contribution in [-0.2, 0) is 4.74 Å². The minimum absolute atomic E-state index is 0.280. The van der Waals surface area contributed by atoms with Crippen molar-refractivity contribution in [3.05, 3.63) is 59.9 Å². The maximum atomic E-state index is 13.5. The van der Waals surface area contributed by atoms with Crippen molar-refractivity contribution < 1.29 is 13.5 Å². The van der Waals surface area contributed by atoms with E-state index in [0.717, 1.165) is 43.6 Å². The number of anilines is 3. The number of hydrogen-bond acceptors (Lipinski definition) is 6. The van der Waals surface area contributed by atoms with E-state index in [1.807, 2.05) is 6.07 Å². The number of aryl methyl sites for hydroxylation is 1. The first-order valence-electron chi connectivity index (χ1n) is 10.9. The highest BCUT2D eigenvalue weighted by Crippen LogP contribution is 2.38. The minimum Gasteiger partial charge on any atom is -0.378 e. The first-order valence-corrected chi connectivity index (χ1v) is 10.9. The molecule has 2 bridgehead atoms. The fraction of sp³-hybridized carbons (Fsp3) is 0.391. The molecule has 7 nitrogen and oxygen atoms in total. The molecule has 0 unspecified atom stereocenters. The average molecular weight is 438 g/mol. The molecule has 3 aliphatic heterocycles. The van der Waals surface area contributed by atoms with E-state index in [4.69, 9.17) is 4.74 Å². The van der Waals surface area contributed by atoms with Gasteiger partial charge >= 0.3 is 0 Å². The number of rotatable bonds is 5. The van der Waals surface area contributed by atoms with Crippen molar-refractivity contribution >= 4 is 17.3 Å². The van der Waals surface area contributed by atoms with Crippen LogP contribution in [0.2, 0.25) is 0 Å². The van der Waals surface area contributed by atoms with Crippen LogP contribution in [0.3, 0.4) is 0 Å². The fourth-order valence-electron chi connectivity index (χ4n) is 5.12. The van der Waals surface area contributed by atoms with Gasteiger partial charge in [0.05, 0.1) is 24.9 Å². The molecule has 0 amide bonds. The number of nitrogens with one attached hydrogen (secondary N) is 1. The van der Waals surface area contributed by atoms with Crippen molar-refractivity contribution in [1.82, 2.24) is 19.7 Å². The van der Waals surface area contributed by atoms with E-state index in [0.29, 0.717) is 24.1 Å². The highest BCUT2D eigenvalue weighted by Gasteiger charge is 2.47. The second kappa shape index (κ2) is 7.53. The summed E-state index contributed by atoms with van der Waals surface area (Å²) in [6.45, 7) is 5.92. The lowest BCUT2D eigenvalue weighted by Gasteiger charge is -2.43. The molecule has 2 atom stereocenters. The molecule has 166 valence electrons. The lowest BCUT2D eigenvalue weighted by atomic mass is 10.1. The Morgan fingerprint density at radius 1 is 0.938 bits per heavy atom. The molecule has 2 aromatic carbocycles. The summed E-state index contributed by atoms with van der Waals surface area (Å²) in [5, 5.41) is 7.56. The molecular weight excluding hydrogens is 414 g/mol. The van der Waals surface area contributed by atoms with Gasteiger partial charge in [-0.15, -0.1) is 5.10 Å². The zero-order valence-electron chi connectivity index (χ0n) is 17.7. The first-order chi connectivity index (χ1) is 15.5. The van der Waals surface area contributed by atoms with Crippen LogP contribution in [0.5, 0.6) is 0 Å². The number of likely N-dealkylation sites (tertiary alicyclic amines) is 1. The molecule has 0 aliphatic carbocycles. The number of benzene rings is 2.